The molecule has 3 saturated heterocycles. The van der Waals surface area contributed by atoms with Crippen molar-refractivity contribution >= 4 is 47.3 Å². The Hall–Kier alpha value is -5.54. The lowest BCUT2D eigenvalue weighted by Crippen LogP contribution is -2.64. The minimum absolute atomic E-state index is 0.0795. The number of phenolic OH excluding ortho intramolecular Hbond substituents is 1. The standard InChI is InChI=1S/C50H80N8O17/c1-5-25(2)20-26(3)12-10-8-6-7-9-11-13-37(66)52-31-22-35(64)46(71)56-48(73)41-33(62)18-19-57(41)50(75)39(34(63)23-36(51)65)54-47(72)40(43(68)42(67)28-14-16-29(60)17-15-28)55-45(70)32-21-30(61)24-58(32)49(74)38(27(4)59)53-44(31)69/h14-17,25-27,30-35,38-43,46,59-64,67-68,71H,5-13,18-24H2,1-4H3,(H2,51,65)(H,52,66)(H,53,69)(H,54,72)(H,55,70)(H,56,73)/t25?,26?,27-,30+,31-,32-,33-,34-,35+,38?,39?,40?,41-,42-,43-,46+/m0/s1. The van der Waals surface area contributed by atoms with E-state index in [0.717, 1.165) is 74.6 Å². The van der Waals surface area contributed by atoms with E-state index in [2.05, 4.69) is 47.4 Å². The van der Waals surface area contributed by atoms with Crippen LogP contribution in [0.4, 0.5) is 0 Å². The van der Waals surface area contributed by atoms with E-state index in [9.17, 15) is 84.3 Å². The summed E-state index contributed by atoms with van der Waals surface area (Å²) < 4.78 is 0. The highest BCUT2D eigenvalue weighted by atomic mass is 16.3. The van der Waals surface area contributed by atoms with Crippen LogP contribution >= 0.6 is 0 Å². The molecule has 0 saturated carbocycles. The molecular formula is C50H80N8O17. The van der Waals surface area contributed by atoms with Crippen molar-refractivity contribution in [3.63, 3.8) is 0 Å². The lowest BCUT2D eigenvalue weighted by molar-refractivity contribution is -0.149. The quantitative estimate of drug-likeness (QED) is 0.0568. The van der Waals surface area contributed by atoms with Crippen LogP contribution < -0.4 is 32.3 Å². The number of nitrogens with one attached hydrogen (secondary N) is 5. The zero-order valence-electron chi connectivity index (χ0n) is 43.1. The van der Waals surface area contributed by atoms with Crippen LogP contribution in [0, 0.1) is 11.8 Å². The zero-order valence-corrected chi connectivity index (χ0v) is 43.1. The number of hydrogen-bond acceptors (Lipinski definition) is 17. The van der Waals surface area contributed by atoms with Crippen LogP contribution in [-0.2, 0) is 38.4 Å². The molecule has 3 aliphatic heterocycles. The number of primary amides is 1. The number of hydrogen-bond donors (Lipinski definition) is 15. The lowest BCUT2D eigenvalue weighted by Gasteiger charge is -2.34. The molecule has 0 spiro atoms. The van der Waals surface area contributed by atoms with Crippen LogP contribution in [0.5, 0.6) is 5.75 Å². The fraction of sp³-hybridized carbons (Fsp3) is 0.720. The third-order valence-corrected chi connectivity index (χ3v) is 14.3. The average Bonchev–Trinajstić information content (AvgIpc) is 3.95. The fourth-order valence-corrected chi connectivity index (χ4v) is 9.79. The Balaban J connectivity index is 1.69. The van der Waals surface area contributed by atoms with Crippen LogP contribution in [0.25, 0.3) is 0 Å². The van der Waals surface area contributed by atoms with Crippen molar-refractivity contribution in [1.82, 2.24) is 36.4 Å². The lowest BCUT2D eigenvalue weighted by atomic mass is 9.91. The maximum atomic E-state index is 14.4. The highest BCUT2D eigenvalue weighted by Gasteiger charge is 2.49. The summed E-state index contributed by atoms with van der Waals surface area (Å²) in [5, 5.41) is 110. The Kier molecular flexibility index (Phi) is 24.1. The molecule has 0 aliphatic carbocycles. The van der Waals surface area contributed by atoms with Crippen LogP contribution in [0.3, 0.4) is 0 Å². The molecule has 0 aromatic heterocycles. The predicted octanol–water partition coefficient (Wildman–Crippen LogP) is -3.34. The molecule has 75 heavy (non-hydrogen) atoms. The molecule has 25 heteroatoms. The molecule has 3 aliphatic rings. The number of aliphatic hydroxyl groups excluding tert-OH is 8. The van der Waals surface area contributed by atoms with Crippen molar-refractivity contribution in [2.24, 2.45) is 17.6 Å². The highest BCUT2D eigenvalue weighted by Crippen LogP contribution is 2.27. The minimum Gasteiger partial charge on any atom is -0.508 e. The van der Waals surface area contributed by atoms with Crippen molar-refractivity contribution in [3.05, 3.63) is 29.8 Å². The van der Waals surface area contributed by atoms with Crippen molar-refractivity contribution in [2.75, 3.05) is 13.1 Å². The van der Waals surface area contributed by atoms with Gasteiger partial charge in [0.25, 0.3) is 0 Å². The number of rotatable bonds is 20. The topological polar surface area (TPSA) is 411 Å². The van der Waals surface area contributed by atoms with Gasteiger partial charge in [0.1, 0.15) is 60.3 Å². The maximum absolute atomic E-state index is 14.4. The molecule has 1 aromatic carbocycles. The van der Waals surface area contributed by atoms with E-state index in [-0.39, 0.29) is 24.2 Å². The minimum atomic E-state index is -2.36. The molecule has 8 amide bonds. The maximum Gasteiger partial charge on any atom is 0.248 e. The Morgan fingerprint density at radius 3 is 1.95 bits per heavy atom. The van der Waals surface area contributed by atoms with Gasteiger partial charge >= 0.3 is 0 Å². The molecule has 4 rings (SSSR count). The molecule has 16 N–H and O–H groups in total. The Morgan fingerprint density at radius 2 is 1.32 bits per heavy atom. The average molecular weight is 1070 g/mol. The van der Waals surface area contributed by atoms with Crippen molar-refractivity contribution < 1.29 is 84.3 Å². The summed E-state index contributed by atoms with van der Waals surface area (Å²) in [6.07, 6.45) is -10.2. The molecule has 422 valence electrons. The normalized spacial score (nSPS) is 29.0. The van der Waals surface area contributed by atoms with Crippen molar-refractivity contribution in [3.8, 4) is 5.75 Å². The van der Waals surface area contributed by atoms with Crippen LogP contribution in [0.15, 0.2) is 24.3 Å². The van der Waals surface area contributed by atoms with E-state index in [1.165, 1.54) is 6.42 Å². The molecule has 3 heterocycles. The third kappa shape index (κ3) is 17.8. The second-order valence-electron chi connectivity index (χ2n) is 20.6. The highest BCUT2D eigenvalue weighted by molar-refractivity contribution is 5.98. The van der Waals surface area contributed by atoms with Crippen LogP contribution in [-0.4, -0.2) is 195 Å². The first-order valence-corrected chi connectivity index (χ1v) is 26.0. The monoisotopic (exact) mass is 1060 g/mol. The van der Waals surface area contributed by atoms with Gasteiger partial charge in [-0.2, -0.15) is 0 Å². The van der Waals surface area contributed by atoms with Gasteiger partial charge < -0.3 is 88.1 Å². The van der Waals surface area contributed by atoms with Crippen LogP contribution in [0.2, 0.25) is 0 Å². The second kappa shape index (κ2) is 29.1. The number of unbranched alkanes of at least 4 members (excludes halogenated alkanes) is 5. The fourth-order valence-electron chi connectivity index (χ4n) is 9.79. The molecule has 25 nitrogen and oxygen atoms in total. The van der Waals surface area contributed by atoms with E-state index < -0.39 is 165 Å². The Morgan fingerprint density at radius 1 is 0.720 bits per heavy atom. The number of carbonyl (C=O) groups is 8. The number of benzene rings is 1. The summed E-state index contributed by atoms with van der Waals surface area (Å²) in [4.78, 5) is 112. The van der Waals surface area contributed by atoms with E-state index in [0.29, 0.717) is 29.6 Å². The van der Waals surface area contributed by atoms with Gasteiger partial charge in [-0.05, 0) is 55.7 Å². The molecule has 16 atom stereocenters. The number of amides is 8. The molecule has 0 bridgehead atoms. The van der Waals surface area contributed by atoms with Gasteiger partial charge in [0.15, 0.2) is 6.23 Å². The SMILES string of the molecule is CCC(C)CC(C)CCCCCCCCC(=O)N[C@H]1C[C@@H](O)[C@@H](O)NC(=O)[C@@H]2[C@@H](O)CCN2C(=O)C([C@@H](O)CC(N)=O)NC(=O)C([C@H](O)[C@@H](O)c2ccc(O)cc2)NC(=O)[C@@H]2C[C@@H](O)CN2C(=O)C([C@H](C)O)NC1=O. The smallest absolute Gasteiger partial charge is 0.248 e. The number of aromatic hydroxyl groups is 1. The summed E-state index contributed by atoms with van der Waals surface area (Å²) in [6.45, 7) is 6.76. The van der Waals surface area contributed by atoms with Gasteiger partial charge in [0.05, 0.1) is 30.8 Å². The summed E-state index contributed by atoms with van der Waals surface area (Å²) in [7, 11) is 0. The number of phenols is 1. The first-order valence-electron chi connectivity index (χ1n) is 26.0. The van der Waals surface area contributed by atoms with E-state index in [1.54, 1.807) is 0 Å². The van der Waals surface area contributed by atoms with Crippen molar-refractivity contribution in [1.29, 1.82) is 0 Å². The summed E-state index contributed by atoms with van der Waals surface area (Å²) in [5.41, 5.74) is 5.21. The van der Waals surface area contributed by atoms with Crippen molar-refractivity contribution in [2.45, 2.75) is 203 Å². The summed E-state index contributed by atoms with van der Waals surface area (Å²) in [6, 6.07) is -7.37. The van der Waals surface area contributed by atoms with Crippen LogP contribution in [0.1, 0.15) is 129 Å². The van der Waals surface area contributed by atoms with Gasteiger partial charge in [-0.25, -0.2) is 0 Å². The predicted molar refractivity (Wildman–Crippen MR) is 265 cm³/mol. The molecule has 3 fully saturated rings. The summed E-state index contributed by atoms with van der Waals surface area (Å²) in [5.74, 6) is -8.59. The third-order valence-electron chi connectivity index (χ3n) is 14.3. The Labute approximate surface area is 436 Å². The molecular weight excluding hydrogens is 985 g/mol. The molecule has 5 unspecified atom stereocenters. The van der Waals surface area contributed by atoms with Gasteiger partial charge in [0.2, 0.25) is 47.3 Å². The van der Waals surface area contributed by atoms with E-state index in [4.69, 9.17) is 5.73 Å². The zero-order chi connectivity index (χ0) is 55.8. The van der Waals surface area contributed by atoms with Gasteiger partial charge in [-0.15, -0.1) is 0 Å². The number of fused-ring (bicyclic) bond motifs is 2. The summed E-state index contributed by atoms with van der Waals surface area (Å²) >= 11 is 0. The first-order chi connectivity index (χ1) is 35.3. The van der Waals surface area contributed by atoms with E-state index in [1.807, 2.05) is 0 Å². The van der Waals surface area contributed by atoms with E-state index >= 15 is 0 Å². The number of nitrogens with two attached hydrogens (primary N) is 1. The number of carbonyl (C=O) groups excluding carboxylic acids is 8. The number of aliphatic hydroxyl groups is 8. The molecule has 1 aromatic rings. The first kappa shape index (κ1) is 62.0. The van der Waals surface area contributed by atoms with Gasteiger partial charge in [0, 0.05) is 32.4 Å². The Bertz CT molecular complexity index is 2100. The molecule has 0 radical (unpaired) electrons. The van der Waals surface area contributed by atoms with Gasteiger partial charge in [-0.1, -0.05) is 77.8 Å². The number of nitrogens with zero attached hydrogens (tertiary/aromatic N) is 2. The largest absolute Gasteiger partial charge is 0.508 e. The second-order valence-corrected chi connectivity index (χ2v) is 20.6. The van der Waals surface area contributed by atoms with Gasteiger partial charge in [-0.3, -0.25) is 38.4 Å².